The maximum Gasteiger partial charge on any atom is 0.513 e. The number of hydrogen-bond acceptors (Lipinski definition) is 6. The van der Waals surface area contributed by atoms with Crippen LogP contribution in [0.25, 0.3) is 11.0 Å². The van der Waals surface area contributed by atoms with Crippen LogP contribution >= 0.6 is 11.6 Å². The summed E-state index contributed by atoms with van der Waals surface area (Å²) in [6, 6.07) is 7.87. The van der Waals surface area contributed by atoms with Gasteiger partial charge in [0.25, 0.3) is 0 Å². The zero-order chi connectivity index (χ0) is 18.8. The van der Waals surface area contributed by atoms with Crippen LogP contribution < -0.4 is 14.9 Å². The van der Waals surface area contributed by atoms with Crippen LogP contribution in [-0.2, 0) is 4.74 Å². The number of halogens is 1. The molecule has 0 N–H and O–H groups in total. The van der Waals surface area contributed by atoms with Crippen molar-refractivity contribution >= 4 is 28.7 Å². The lowest BCUT2D eigenvalue weighted by molar-refractivity contribution is 0.121. The van der Waals surface area contributed by atoms with Crippen molar-refractivity contribution in [2.45, 2.75) is 13.8 Å². The van der Waals surface area contributed by atoms with Crippen LogP contribution in [0.1, 0.15) is 11.1 Å². The molecule has 0 aliphatic heterocycles. The van der Waals surface area contributed by atoms with Crippen LogP contribution in [0.3, 0.4) is 0 Å². The van der Waals surface area contributed by atoms with Crippen LogP contribution in [0.2, 0.25) is 5.02 Å². The van der Waals surface area contributed by atoms with E-state index in [0.717, 1.165) is 11.1 Å². The van der Waals surface area contributed by atoms with E-state index in [-0.39, 0.29) is 22.5 Å². The van der Waals surface area contributed by atoms with Crippen LogP contribution in [0.5, 0.6) is 17.2 Å². The summed E-state index contributed by atoms with van der Waals surface area (Å²) in [5, 5.41) is 0.947. The molecule has 0 amide bonds. The van der Waals surface area contributed by atoms with Crippen molar-refractivity contribution < 1.29 is 23.4 Å². The standard InChI is InChI=1S/C19H15ClO6/c1-10-6-13(7-11(2)17(10)20)25-16-9-24-15-8-12(26-19(22)23-3)4-5-14(15)18(16)21/h4-9H,1-3H3. The van der Waals surface area contributed by atoms with Crippen LogP contribution in [-0.4, -0.2) is 13.3 Å². The van der Waals surface area contributed by atoms with Crippen molar-refractivity contribution in [3.63, 3.8) is 0 Å². The van der Waals surface area contributed by atoms with E-state index in [1.54, 1.807) is 12.1 Å². The molecule has 6 nitrogen and oxygen atoms in total. The number of ether oxygens (including phenoxy) is 3. The summed E-state index contributed by atoms with van der Waals surface area (Å²) in [7, 11) is 1.20. The lowest BCUT2D eigenvalue weighted by Gasteiger charge is -2.09. The van der Waals surface area contributed by atoms with Crippen molar-refractivity contribution in [1.82, 2.24) is 0 Å². The Morgan fingerprint density at radius 2 is 1.77 bits per heavy atom. The summed E-state index contributed by atoms with van der Waals surface area (Å²) in [6.07, 6.45) is 0.353. The summed E-state index contributed by atoms with van der Waals surface area (Å²) < 4.78 is 20.5. The van der Waals surface area contributed by atoms with Crippen molar-refractivity contribution in [1.29, 1.82) is 0 Å². The summed E-state index contributed by atoms with van der Waals surface area (Å²) in [4.78, 5) is 23.8. The van der Waals surface area contributed by atoms with Gasteiger partial charge in [0.2, 0.25) is 11.2 Å². The number of fused-ring (bicyclic) bond motifs is 1. The van der Waals surface area contributed by atoms with Gasteiger partial charge >= 0.3 is 6.16 Å². The van der Waals surface area contributed by atoms with Crippen molar-refractivity contribution in [2.24, 2.45) is 0 Å². The average Bonchev–Trinajstić information content (AvgIpc) is 2.62. The van der Waals surface area contributed by atoms with Crippen LogP contribution in [0.4, 0.5) is 4.79 Å². The first-order valence-electron chi connectivity index (χ1n) is 7.65. The first kappa shape index (κ1) is 17.8. The highest BCUT2D eigenvalue weighted by Crippen LogP contribution is 2.29. The second-order valence-electron chi connectivity index (χ2n) is 5.62. The molecule has 1 heterocycles. The number of methoxy groups -OCH3 is 1. The monoisotopic (exact) mass is 374 g/mol. The molecule has 0 fully saturated rings. The van der Waals surface area contributed by atoms with Gasteiger partial charge in [0, 0.05) is 11.1 Å². The van der Waals surface area contributed by atoms with Gasteiger partial charge in [-0.25, -0.2) is 4.79 Å². The SMILES string of the molecule is COC(=O)Oc1ccc2c(=O)c(Oc3cc(C)c(Cl)c(C)c3)coc2c1. The first-order valence-corrected chi connectivity index (χ1v) is 8.03. The smallest absolute Gasteiger partial charge is 0.460 e. The zero-order valence-corrected chi connectivity index (χ0v) is 15.0. The molecule has 0 radical (unpaired) electrons. The molecule has 2 aromatic carbocycles. The largest absolute Gasteiger partial charge is 0.513 e. The zero-order valence-electron chi connectivity index (χ0n) is 14.3. The Labute approximate surface area is 153 Å². The van der Waals surface area contributed by atoms with Gasteiger partial charge in [0.15, 0.2) is 0 Å². The molecule has 0 unspecified atom stereocenters. The quantitative estimate of drug-likeness (QED) is 0.474. The number of hydrogen-bond donors (Lipinski definition) is 0. The molecule has 3 aromatic rings. The van der Waals surface area contributed by atoms with Gasteiger partial charge in [0.05, 0.1) is 12.5 Å². The molecular weight excluding hydrogens is 360 g/mol. The minimum absolute atomic E-state index is 0.0419. The van der Waals surface area contributed by atoms with E-state index in [2.05, 4.69) is 4.74 Å². The van der Waals surface area contributed by atoms with Crippen molar-refractivity contribution in [3.05, 3.63) is 63.0 Å². The fourth-order valence-corrected chi connectivity index (χ4v) is 2.56. The molecule has 3 rings (SSSR count). The van der Waals surface area contributed by atoms with Gasteiger partial charge in [-0.3, -0.25) is 4.79 Å². The van der Waals surface area contributed by atoms with Crippen molar-refractivity contribution in [3.8, 4) is 17.2 Å². The van der Waals surface area contributed by atoms with Crippen molar-refractivity contribution in [2.75, 3.05) is 7.11 Å². The molecule has 0 saturated heterocycles. The Hall–Kier alpha value is -2.99. The van der Waals surface area contributed by atoms with Gasteiger partial charge in [-0.2, -0.15) is 0 Å². The van der Waals surface area contributed by atoms with E-state index in [1.807, 2.05) is 13.8 Å². The fourth-order valence-electron chi connectivity index (χ4n) is 2.45. The Balaban J connectivity index is 1.96. The normalized spacial score (nSPS) is 10.6. The summed E-state index contributed by atoms with van der Waals surface area (Å²) in [5.74, 6) is 0.729. The molecule has 0 aliphatic rings. The number of carbonyl (C=O) groups excluding carboxylic acids is 1. The third-order valence-corrected chi connectivity index (χ3v) is 4.32. The fraction of sp³-hybridized carbons (Fsp3) is 0.158. The number of rotatable bonds is 3. The first-order chi connectivity index (χ1) is 12.4. The highest BCUT2D eigenvalue weighted by atomic mass is 35.5. The molecule has 0 spiro atoms. The topological polar surface area (TPSA) is 75.0 Å². The Morgan fingerprint density at radius 1 is 1.08 bits per heavy atom. The van der Waals surface area contributed by atoms with Gasteiger partial charge < -0.3 is 18.6 Å². The molecule has 1 aromatic heterocycles. The maximum absolute atomic E-state index is 12.6. The van der Waals surface area contributed by atoms with Crippen LogP contribution in [0, 0.1) is 13.8 Å². The Morgan fingerprint density at radius 3 is 2.42 bits per heavy atom. The van der Waals surface area contributed by atoms with E-state index >= 15 is 0 Å². The van der Waals surface area contributed by atoms with Gasteiger partial charge in [-0.1, -0.05) is 11.6 Å². The average molecular weight is 375 g/mol. The molecule has 134 valence electrons. The molecule has 26 heavy (non-hydrogen) atoms. The van der Waals surface area contributed by atoms with Crippen LogP contribution in [0.15, 0.2) is 45.8 Å². The summed E-state index contributed by atoms with van der Waals surface area (Å²) >= 11 is 6.14. The number of carbonyl (C=O) groups is 1. The predicted molar refractivity (Wildman–Crippen MR) is 96.5 cm³/mol. The summed E-state index contributed by atoms with van der Waals surface area (Å²) in [6.45, 7) is 3.71. The Bertz CT molecular complexity index is 1030. The predicted octanol–water partition coefficient (Wildman–Crippen LogP) is 5.00. The molecule has 0 saturated carbocycles. The minimum Gasteiger partial charge on any atom is -0.460 e. The molecule has 0 atom stereocenters. The van der Waals surface area contributed by atoms with E-state index in [4.69, 9.17) is 25.5 Å². The third kappa shape index (κ3) is 3.50. The lowest BCUT2D eigenvalue weighted by Crippen LogP contribution is -2.08. The van der Waals surface area contributed by atoms with E-state index in [9.17, 15) is 9.59 Å². The highest BCUT2D eigenvalue weighted by Gasteiger charge is 2.13. The van der Waals surface area contributed by atoms with E-state index < -0.39 is 6.16 Å². The highest BCUT2D eigenvalue weighted by molar-refractivity contribution is 6.32. The molecule has 0 aliphatic carbocycles. The summed E-state index contributed by atoms with van der Waals surface area (Å²) in [5.41, 5.74) is 1.60. The van der Waals surface area contributed by atoms with E-state index in [0.29, 0.717) is 16.2 Å². The van der Waals surface area contributed by atoms with Gasteiger partial charge in [-0.05, 0) is 49.2 Å². The maximum atomic E-state index is 12.6. The molecule has 0 bridgehead atoms. The second kappa shape index (κ2) is 7.09. The second-order valence-corrected chi connectivity index (χ2v) is 5.99. The van der Waals surface area contributed by atoms with Gasteiger partial charge in [-0.15, -0.1) is 0 Å². The number of aryl methyl sites for hydroxylation is 2. The van der Waals surface area contributed by atoms with E-state index in [1.165, 1.54) is 31.6 Å². The van der Waals surface area contributed by atoms with Gasteiger partial charge in [0.1, 0.15) is 23.3 Å². The number of benzene rings is 2. The third-order valence-electron chi connectivity index (χ3n) is 3.72. The minimum atomic E-state index is -0.861. The molecular formula is C19H15ClO6. The molecule has 7 heteroatoms. The Kier molecular flexibility index (Phi) is 4.86. The lowest BCUT2D eigenvalue weighted by atomic mass is 10.1.